The number of carbonyl (C=O) groups excluding carboxylic acids is 1. The van der Waals surface area contributed by atoms with E-state index in [1.807, 2.05) is 39.5 Å². The second-order valence-corrected chi connectivity index (χ2v) is 10.8. The molecule has 0 aromatic rings. The molecule has 2 N–H and O–H groups in total. The Morgan fingerprint density at radius 2 is 2.00 bits per heavy atom. The third-order valence-corrected chi connectivity index (χ3v) is 7.13. The zero-order valence-corrected chi connectivity index (χ0v) is 21.2. The smallest absolute Gasteiger partial charge is 0.249 e. The SMILES string of the molecule is CCCC[C@](C)(O)CC=C[C@@H]1[C@H]2CC(CCOCC(=O)N(C(C)C)C(C)C)=C[C@H]2C[C@H]1O. The minimum absolute atomic E-state index is 0.0513. The van der Waals surface area contributed by atoms with Crippen molar-refractivity contribution in [2.45, 2.75) is 110 Å². The van der Waals surface area contributed by atoms with E-state index in [2.05, 4.69) is 25.2 Å². The summed E-state index contributed by atoms with van der Waals surface area (Å²) in [5.41, 5.74) is 0.724. The number of carbonyl (C=O) groups is 1. The van der Waals surface area contributed by atoms with E-state index >= 15 is 0 Å². The Morgan fingerprint density at radius 1 is 1.31 bits per heavy atom. The number of allylic oxidation sites excluding steroid dienone is 1. The molecule has 2 aliphatic carbocycles. The third-order valence-electron chi connectivity index (χ3n) is 7.13. The molecule has 1 amide bonds. The third kappa shape index (κ3) is 7.71. The highest BCUT2D eigenvalue weighted by molar-refractivity contribution is 5.78. The minimum atomic E-state index is -0.663. The number of rotatable bonds is 13. The van der Waals surface area contributed by atoms with Gasteiger partial charge in [0.2, 0.25) is 5.91 Å². The summed E-state index contributed by atoms with van der Waals surface area (Å²) in [6.07, 6.45) is 12.5. The van der Waals surface area contributed by atoms with Gasteiger partial charge in [-0.1, -0.05) is 43.6 Å². The molecule has 1 fully saturated rings. The predicted molar refractivity (Wildman–Crippen MR) is 130 cm³/mol. The number of ether oxygens (including phenoxy) is 1. The zero-order valence-electron chi connectivity index (χ0n) is 21.2. The minimum Gasteiger partial charge on any atom is -0.392 e. The fourth-order valence-electron chi connectivity index (χ4n) is 5.54. The van der Waals surface area contributed by atoms with E-state index in [9.17, 15) is 15.0 Å². The van der Waals surface area contributed by atoms with Crippen molar-refractivity contribution < 1.29 is 19.7 Å². The average molecular weight is 450 g/mol. The fourth-order valence-corrected chi connectivity index (χ4v) is 5.54. The monoisotopic (exact) mass is 449 g/mol. The molecule has 0 aliphatic heterocycles. The molecule has 5 nitrogen and oxygen atoms in total. The summed E-state index contributed by atoms with van der Waals surface area (Å²) in [5, 5.41) is 21.1. The van der Waals surface area contributed by atoms with Crippen molar-refractivity contribution in [3.05, 3.63) is 23.8 Å². The standard InChI is InChI=1S/C27H47NO4/c1-7-8-12-27(6,31)13-9-10-23-24-16-21(15-22(24)17-25(23)29)11-14-32-18-26(30)28(19(2)3)20(4)5/h9-10,15,19-20,22-25,29,31H,7-8,11-14,16-18H2,1-6H3/t22-,23+,24-,25+,27-/m0/s1. The summed E-state index contributed by atoms with van der Waals surface area (Å²) < 4.78 is 5.72. The number of hydrogen-bond acceptors (Lipinski definition) is 4. The lowest BCUT2D eigenvalue weighted by atomic mass is 9.88. The number of amides is 1. The molecule has 2 rings (SSSR count). The van der Waals surface area contributed by atoms with Crippen LogP contribution in [0.5, 0.6) is 0 Å². The second-order valence-electron chi connectivity index (χ2n) is 10.8. The number of nitrogens with zero attached hydrogens (tertiary/aromatic N) is 1. The van der Waals surface area contributed by atoms with Gasteiger partial charge in [0.05, 0.1) is 18.3 Å². The number of aliphatic hydroxyl groups excluding tert-OH is 1. The Labute approximate surface area is 195 Å². The van der Waals surface area contributed by atoms with Crippen LogP contribution in [0, 0.1) is 17.8 Å². The van der Waals surface area contributed by atoms with Crippen molar-refractivity contribution in [2.75, 3.05) is 13.2 Å². The van der Waals surface area contributed by atoms with Gasteiger partial charge in [-0.15, -0.1) is 0 Å². The van der Waals surface area contributed by atoms with Gasteiger partial charge in [0.15, 0.2) is 0 Å². The number of fused-ring (bicyclic) bond motifs is 1. The average Bonchev–Trinajstić information content (AvgIpc) is 3.20. The van der Waals surface area contributed by atoms with E-state index in [0.29, 0.717) is 24.9 Å². The summed E-state index contributed by atoms with van der Waals surface area (Å²) in [5.74, 6) is 1.07. The molecule has 0 unspecified atom stereocenters. The molecule has 0 aromatic carbocycles. The lowest BCUT2D eigenvalue weighted by Gasteiger charge is -2.30. The van der Waals surface area contributed by atoms with Crippen LogP contribution in [0.3, 0.4) is 0 Å². The maximum absolute atomic E-state index is 12.4. The van der Waals surface area contributed by atoms with E-state index in [-0.39, 0.29) is 36.6 Å². The summed E-state index contributed by atoms with van der Waals surface area (Å²) in [7, 11) is 0. The molecule has 0 heterocycles. The quantitative estimate of drug-likeness (QED) is 0.311. The van der Waals surface area contributed by atoms with Gasteiger partial charge in [0.25, 0.3) is 0 Å². The molecule has 0 bridgehead atoms. The number of unbranched alkanes of at least 4 members (excludes halogenated alkanes) is 1. The summed E-state index contributed by atoms with van der Waals surface area (Å²) >= 11 is 0. The van der Waals surface area contributed by atoms with Gasteiger partial charge in [-0.3, -0.25) is 4.79 Å². The van der Waals surface area contributed by atoms with Crippen LogP contribution >= 0.6 is 0 Å². The highest BCUT2D eigenvalue weighted by atomic mass is 16.5. The molecule has 0 aromatic heterocycles. The van der Waals surface area contributed by atoms with Gasteiger partial charge >= 0.3 is 0 Å². The lowest BCUT2D eigenvalue weighted by molar-refractivity contribution is -0.139. The molecule has 0 radical (unpaired) electrons. The topological polar surface area (TPSA) is 70.0 Å². The first-order valence-corrected chi connectivity index (χ1v) is 12.7. The van der Waals surface area contributed by atoms with E-state index in [1.165, 1.54) is 5.57 Å². The first kappa shape index (κ1) is 27.1. The molecule has 1 saturated carbocycles. The summed E-state index contributed by atoms with van der Waals surface area (Å²) in [4.78, 5) is 14.3. The second kappa shape index (κ2) is 12.3. The van der Waals surface area contributed by atoms with E-state index in [4.69, 9.17) is 4.74 Å². The van der Waals surface area contributed by atoms with Crippen LogP contribution < -0.4 is 0 Å². The molecule has 32 heavy (non-hydrogen) atoms. The predicted octanol–water partition coefficient (Wildman–Crippen LogP) is 4.87. The molecule has 5 heteroatoms. The van der Waals surface area contributed by atoms with Crippen molar-refractivity contribution in [1.29, 1.82) is 0 Å². The van der Waals surface area contributed by atoms with Crippen molar-refractivity contribution in [3.8, 4) is 0 Å². The van der Waals surface area contributed by atoms with Crippen molar-refractivity contribution in [3.63, 3.8) is 0 Å². The summed E-state index contributed by atoms with van der Waals surface area (Å²) in [6.45, 7) is 12.9. The Morgan fingerprint density at radius 3 is 2.62 bits per heavy atom. The van der Waals surface area contributed by atoms with Crippen LogP contribution in [0.1, 0.15) is 86.5 Å². The van der Waals surface area contributed by atoms with Crippen molar-refractivity contribution in [1.82, 2.24) is 4.90 Å². The molecule has 0 saturated heterocycles. The first-order valence-electron chi connectivity index (χ1n) is 12.7. The van der Waals surface area contributed by atoms with Gasteiger partial charge in [-0.2, -0.15) is 0 Å². The van der Waals surface area contributed by atoms with Crippen LogP contribution in [-0.4, -0.2) is 58.0 Å². The van der Waals surface area contributed by atoms with Gasteiger partial charge in [0, 0.05) is 18.0 Å². The maximum Gasteiger partial charge on any atom is 0.249 e. The van der Waals surface area contributed by atoms with E-state index < -0.39 is 5.60 Å². The molecule has 0 spiro atoms. The maximum atomic E-state index is 12.4. The zero-order chi connectivity index (χ0) is 23.9. The van der Waals surface area contributed by atoms with Crippen LogP contribution in [0.15, 0.2) is 23.8 Å². The van der Waals surface area contributed by atoms with Crippen LogP contribution in [-0.2, 0) is 9.53 Å². The highest BCUT2D eigenvalue weighted by Crippen LogP contribution is 2.48. The largest absolute Gasteiger partial charge is 0.392 e. The van der Waals surface area contributed by atoms with Crippen LogP contribution in [0.4, 0.5) is 0 Å². The van der Waals surface area contributed by atoms with E-state index in [0.717, 1.165) is 38.5 Å². The lowest BCUT2D eigenvalue weighted by Crippen LogP contribution is -2.44. The number of aliphatic hydroxyl groups is 2. The van der Waals surface area contributed by atoms with Crippen LogP contribution in [0.2, 0.25) is 0 Å². The van der Waals surface area contributed by atoms with Gasteiger partial charge in [-0.05, 0) is 78.6 Å². The Bertz CT molecular complexity index is 644. The molecule has 5 atom stereocenters. The molecule has 184 valence electrons. The molecular weight excluding hydrogens is 402 g/mol. The molecular formula is C27H47NO4. The summed E-state index contributed by atoms with van der Waals surface area (Å²) in [6, 6.07) is 0.351. The van der Waals surface area contributed by atoms with Gasteiger partial charge < -0.3 is 19.8 Å². The van der Waals surface area contributed by atoms with E-state index in [1.54, 1.807) is 0 Å². The van der Waals surface area contributed by atoms with Crippen LogP contribution in [0.25, 0.3) is 0 Å². The Hall–Kier alpha value is -1.17. The first-order chi connectivity index (χ1) is 15.1. The normalized spacial score (nSPS) is 27.2. The van der Waals surface area contributed by atoms with Gasteiger partial charge in [0.1, 0.15) is 6.61 Å². The fraction of sp³-hybridized carbons (Fsp3) is 0.815. The molecule has 2 aliphatic rings. The van der Waals surface area contributed by atoms with Crippen molar-refractivity contribution >= 4 is 5.91 Å². The highest BCUT2D eigenvalue weighted by Gasteiger charge is 2.43. The Balaban J connectivity index is 1.78. The number of hydrogen-bond donors (Lipinski definition) is 2. The van der Waals surface area contributed by atoms with Crippen molar-refractivity contribution in [2.24, 2.45) is 17.8 Å². The van der Waals surface area contributed by atoms with Gasteiger partial charge in [-0.25, -0.2) is 0 Å². The Kier molecular flexibility index (Phi) is 10.4.